The van der Waals surface area contributed by atoms with Crippen molar-refractivity contribution < 1.29 is 9.84 Å². The van der Waals surface area contributed by atoms with Crippen molar-refractivity contribution in [1.29, 1.82) is 0 Å². The third-order valence-corrected chi connectivity index (χ3v) is 4.88. The first-order chi connectivity index (χ1) is 9.08. The van der Waals surface area contributed by atoms with Crippen molar-refractivity contribution in [2.45, 2.75) is 57.2 Å². The summed E-state index contributed by atoms with van der Waals surface area (Å²) in [5, 5.41) is 11.1. The average molecular weight is 281 g/mol. The molecule has 2 nitrogen and oxygen atoms in total. The lowest BCUT2D eigenvalue weighted by Gasteiger charge is -2.40. The quantitative estimate of drug-likeness (QED) is 0.758. The van der Waals surface area contributed by atoms with Crippen LogP contribution in [-0.4, -0.2) is 10.7 Å². The van der Waals surface area contributed by atoms with Gasteiger partial charge in [-0.05, 0) is 49.8 Å². The van der Waals surface area contributed by atoms with E-state index in [4.69, 9.17) is 16.3 Å². The first-order valence-electron chi connectivity index (χ1n) is 7.24. The van der Waals surface area contributed by atoms with Gasteiger partial charge in [0.25, 0.3) is 0 Å². The summed E-state index contributed by atoms with van der Waals surface area (Å²) in [7, 11) is 0. The number of rotatable bonds is 0. The second-order valence-electron chi connectivity index (χ2n) is 6.22. The van der Waals surface area contributed by atoms with Crippen LogP contribution in [0.3, 0.4) is 0 Å². The van der Waals surface area contributed by atoms with Crippen molar-refractivity contribution in [1.82, 2.24) is 0 Å². The van der Waals surface area contributed by atoms with Gasteiger partial charge in [-0.15, -0.1) is 0 Å². The lowest BCUT2D eigenvalue weighted by Crippen LogP contribution is -2.40. The molecule has 1 heterocycles. The monoisotopic (exact) mass is 280 g/mol. The maximum absolute atomic E-state index is 10.4. The number of ether oxygens (including phenoxy) is 1. The smallest absolute Gasteiger partial charge is 0.126 e. The SMILES string of the molecule is CC1CCCC2(CC1)CC(O)c1cc(Cl)ccc1O2. The molecule has 1 spiro atoms. The molecule has 3 heteroatoms. The first-order valence-corrected chi connectivity index (χ1v) is 7.62. The Kier molecular flexibility index (Phi) is 3.48. The Morgan fingerprint density at radius 2 is 2.16 bits per heavy atom. The van der Waals surface area contributed by atoms with E-state index < -0.39 is 6.10 Å². The van der Waals surface area contributed by atoms with E-state index in [-0.39, 0.29) is 5.60 Å². The highest BCUT2D eigenvalue weighted by molar-refractivity contribution is 6.30. The Morgan fingerprint density at radius 3 is 3.00 bits per heavy atom. The van der Waals surface area contributed by atoms with E-state index in [1.165, 1.54) is 19.3 Å². The molecule has 1 aromatic carbocycles. The molecule has 3 atom stereocenters. The van der Waals surface area contributed by atoms with Gasteiger partial charge >= 0.3 is 0 Å². The molecular weight excluding hydrogens is 260 g/mol. The summed E-state index contributed by atoms with van der Waals surface area (Å²) < 4.78 is 6.30. The molecule has 3 rings (SSSR count). The molecule has 0 amide bonds. The predicted molar refractivity (Wildman–Crippen MR) is 76.6 cm³/mol. The summed E-state index contributed by atoms with van der Waals surface area (Å²) >= 11 is 6.00. The predicted octanol–water partition coefficient (Wildman–Crippen LogP) is 4.49. The van der Waals surface area contributed by atoms with Gasteiger partial charge < -0.3 is 9.84 Å². The molecule has 0 bridgehead atoms. The third kappa shape index (κ3) is 2.61. The normalized spacial score (nSPS) is 34.5. The molecule has 1 aliphatic heterocycles. The largest absolute Gasteiger partial charge is 0.487 e. The number of benzene rings is 1. The molecule has 1 N–H and O–H groups in total. The summed E-state index contributed by atoms with van der Waals surface area (Å²) in [6.45, 7) is 2.31. The number of halogens is 1. The molecule has 0 saturated heterocycles. The Hall–Kier alpha value is -0.730. The third-order valence-electron chi connectivity index (χ3n) is 4.64. The van der Waals surface area contributed by atoms with Crippen molar-refractivity contribution in [3.63, 3.8) is 0 Å². The van der Waals surface area contributed by atoms with Gasteiger partial charge in [0.2, 0.25) is 0 Å². The van der Waals surface area contributed by atoms with Crippen LogP contribution in [0, 0.1) is 5.92 Å². The number of hydrogen-bond donors (Lipinski definition) is 1. The Morgan fingerprint density at radius 1 is 1.32 bits per heavy atom. The standard InChI is InChI=1S/C16H21ClO2/c1-11-3-2-7-16(8-6-11)10-14(18)13-9-12(17)4-5-15(13)19-16/h4-5,9,11,14,18H,2-3,6-8,10H2,1H3. The molecule has 1 fully saturated rings. The van der Waals surface area contributed by atoms with Gasteiger partial charge in [-0.3, -0.25) is 0 Å². The maximum Gasteiger partial charge on any atom is 0.126 e. The number of fused-ring (bicyclic) bond motifs is 1. The van der Waals surface area contributed by atoms with Gasteiger partial charge in [0, 0.05) is 17.0 Å². The fraction of sp³-hybridized carbons (Fsp3) is 0.625. The summed E-state index contributed by atoms with van der Waals surface area (Å²) in [5.41, 5.74) is 0.681. The molecule has 104 valence electrons. The van der Waals surface area contributed by atoms with Crippen LogP contribution in [0.2, 0.25) is 5.02 Å². The number of aliphatic hydroxyl groups is 1. The topological polar surface area (TPSA) is 29.5 Å². The minimum atomic E-state index is -0.448. The summed E-state index contributed by atoms with van der Waals surface area (Å²) in [5.74, 6) is 1.59. The minimum Gasteiger partial charge on any atom is -0.487 e. The second-order valence-corrected chi connectivity index (χ2v) is 6.66. The van der Waals surface area contributed by atoms with E-state index in [1.807, 2.05) is 18.2 Å². The van der Waals surface area contributed by atoms with Crippen molar-refractivity contribution in [3.05, 3.63) is 28.8 Å². The number of hydrogen-bond acceptors (Lipinski definition) is 2. The summed E-state index contributed by atoms with van der Waals surface area (Å²) in [6, 6.07) is 5.56. The Balaban J connectivity index is 1.89. The van der Waals surface area contributed by atoms with E-state index in [9.17, 15) is 5.11 Å². The summed E-state index contributed by atoms with van der Waals surface area (Å²) in [4.78, 5) is 0. The maximum atomic E-state index is 10.4. The average Bonchev–Trinajstić information content (AvgIpc) is 2.54. The zero-order valence-electron chi connectivity index (χ0n) is 11.4. The van der Waals surface area contributed by atoms with Gasteiger partial charge in [0.15, 0.2) is 0 Å². The van der Waals surface area contributed by atoms with Crippen LogP contribution in [0.15, 0.2) is 18.2 Å². The van der Waals surface area contributed by atoms with E-state index in [0.717, 1.165) is 30.1 Å². The molecule has 1 saturated carbocycles. The van der Waals surface area contributed by atoms with Gasteiger partial charge in [-0.1, -0.05) is 24.9 Å². The van der Waals surface area contributed by atoms with Crippen LogP contribution in [0.4, 0.5) is 0 Å². The lowest BCUT2D eigenvalue weighted by atomic mass is 9.83. The molecular formula is C16H21ClO2. The summed E-state index contributed by atoms with van der Waals surface area (Å²) in [6.07, 6.45) is 6.01. The van der Waals surface area contributed by atoms with E-state index in [1.54, 1.807) is 0 Å². The van der Waals surface area contributed by atoms with Gasteiger partial charge in [-0.2, -0.15) is 0 Å². The van der Waals surface area contributed by atoms with Crippen molar-refractivity contribution >= 4 is 11.6 Å². The highest BCUT2D eigenvalue weighted by atomic mass is 35.5. The Labute approximate surface area is 119 Å². The van der Waals surface area contributed by atoms with E-state index in [0.29, 0.717) is 11.4 Å². The van der Waals surface area contributed by atoms with E-state index >= 15 is 0 Å². The number of aliphatic hydroxyl groups excluding tert-OH is 1. The highest BCUT2D eigenvalue weighted by Gasteiger charge is 2.41. The molecule has 0 radical (unpaired) electrons. The van der Waals surface area contributed by atoms with Crippen molar-refractivity contribution in [2.75, 3.05) is 0 Å². The van der Waals surface area contributed by atoms with Crippen LogP contribution in [-0.2, 0) is 0 Å². The van der Waals surface area contributed by atoms with Crippen LogP contribution in [0.5, 0.6) is 5.75 Å². The second kappa shape index (κ2) is 4.99. The minimum absolute atomic E-state index is 0.162. The molecule has 2 aliphatic rings. The van der Waals surface area contributed by atoms with Crippen LogP contribution < -0.4 is 4.74 Å². The van der Waals surface area contributed by atoms with Crippen molar-refractivity contribution in [2.24, 2.45) is 5.92 Å². The Bertz CT molecular complexity index is 474. The van der Waals surface area contributed by atoms with Crippen LogP contribution in [0.1, 0.15) is 57.1 Å². The van der Waals surface area contributed by atoms with Gasteiger partial charge in [-0.25, -0.2) is 0 Å². The molecule has 1 aliphatic carbocycles. The zero-order chi connectivity index (χ0) is 13.5. The van der Waals surface area contributed by atoms with Crippen LogP contribution in [0.25, 0.3) is 0 Å². The molecule has 0 aromatic heterocycles. The fourth-order valence-corrected chi connectivity index (χ4v) is 3.65. The van der Waals surface area contributed by atoms with Gasteiger partial charge in [0.05, 0.1) is 6.10 Å². The fourth-order valence-electron chi connectivity index (χ4n) is 3.47. The molecule has 1 aromatic rings. The first kappa shape index (κ1) is 13.3. The zero-order valence-corrected chi connectivity index (χ0v) is 12.1. The molecule has 3 unspecified atom stereocenters. The highest BCUT2D eigenvalue weighted by Crippen LogP contribution is 2.46. The molecule has 19 heavy (non-hydrogen) atoms. The van der Waals surface area contributed by atoms with Gasteiger partial charge in [0.1, 0.15) is 11.4 Å². The van der Waals surface area contributed by atoms with Crippen LogP contribution >= 0.6 is 11.6 Å². The lowest BCUT2D eigenvalue weighted by molar-refractivity contribution is -0.0249. The van der Waals surface area contributed by atoms with Crippen molar-refractivity contribution in [3.8, 4) is 5.75 Å². The van der Waals surface area contributed by atoms with E-state index in [2.05, 4.69) is 6.92 Å².